The molecule has 3 unspecified atom stereocenters. The predicted molar refractivity (Wildman–Crippen MR) is 75.8 cm³/mol. The molecule has 110 valence electrons. The van der Waals surface area contributed by atoms with Gasteiger partial charge in [-0.15, -0.1) is 0 Å². The smallest absolute Gasteiger partial charge is 0.220 e. The first-order valence-corrected chi connectivity index (χ1v) is 7.90. The molecule has 3 N–H and O–H groups in total. The van der Waals surface area contributed by atoms with Crippen LogP contribution in [-0.2, 0) is 4.79 Å². The third-order valence-corrected chi connectivity index (χ3v) is 4.67. The summed E-state index contributed by atoms with van der Waals surface area (Å²) in [5, 5.41) is 15.9. The highest BCUT2D eigenvalue weighted by atomic mass is 16.3. The molecule has 0 aromatic rings. The molecule has 1 saturated heterocycles. The van der Waals surface area contributed by atoms with E-state index in [-0.39, 0.29) is 24.5 Å². The third kappa shape index (κ3) is 4.77. The first-order chi connectivity index (χ1) is 9.29. The van der Waals surface area contributed by atoms with Gasteiger partial charge in [-0.05, 0) is 51.1 Å². The molecular formula is C15H28N2O2. The monoisotopic (exact) mass is 268 g/mol. The van der Waals surface area contributed by atoms with E-state index >= 15 is 0 Å². The van der Waals surface area contributed by atoms with Crippen LogP contribution in [0.4, 0.5) is 0 Å². The van der Waals surface area contributed by atoms with Crippen LogP contribution in [0.1, 0.15) is 51.4 Å². The average Bonchev–Trinajstić information content (AvgIpc) is 2.47. The number of aliphatic hydroxyl groups excluding tert-OH is 1. The quantitative estimate of drug-likeness (QED) is 0.707. The minimum Gasteiger partial charge on any atom is -0.396 e. The fraction of sp³-hybridized carbons (Fsp3) is 0.933. The zero-order valence-corrected chi connectivity index (χ0v) is 11.9. The van der Waals surface area contributed by atoms with Gasteiger partial charge in [-0.3, -0.25) is 4.79 Å². The average molecular weight is 268 g/mol. The van der Waals surface area contributed by atoms with Crippen molar-refractivity contribution < 1.29 is 9.90 Å². The maximum atomic E-state index is 12.0. The second-order valence-electron chi connectivity index (χ2n) is 6.15. The summed E-state index contributed by atoms with van der Waals surface area (Å²) in [5.41, 5.74) is 0. The molecule has 1 aliphatic carbocycles. The summed E-state index contributed by atoms with van der Waals surface area (Å²) < 4.78 is 0. The molecule has 2 rings (SSSR count). The van der Waals surface area contributed by atoms with E-state index in [0.717, 1.165) is 32.4 Å². The molecule has 1 aliphatic heterocycles. The molecule has 3 atom stereocenters. The van der Waals surface area contributed by atoms with Crippen LogP contribution in [-0.4, -0.2) is 36.8 Å². The van der Waals surface area contributed by atoms with Crippen molar-refractivity contribution >= 4 is 5.91 Å². The minimum atomic E-state index is 0.177. The van der Waals surface area contributed by atoms with Gasteiger partial charge in [-0.2, -0.15) is 0 Å². The molecule has 0 aromatic carbocycles. The summed E-state index contributed by atoms with van der Waals surface area (Å²) in [6.45, 7) is 2.40. The van der Waals surface area contributed by atoms with Crippen molar-refractivity contribution in [3.63, 3.8) is 0 Å². The van der Waals surface area contributed by atoms with Crippen LogP contribution >= 0.6 is 0 Å². The van der Waals surface area contributed by atoms with Gasteiger partial charge in [0.15, 0.2) is 0 Å². The molecule has 0 aromatic heterocycles. The predicted octanol–water partition coefficient (Wildman–Crippen LogP) is 1.43. The number of rotatable bonds is 5. The Kier molecular flexibility index (Phi) is 6.11. The van der Waals surface area contributed by atoms with Crippen LogP contribution in [0.3, 0.4) is 0 Å². The Hall–Kier alpha value is -0.610. The van der Waals surface area contributed by atoms with Gasteiger partial charge in [0.1, 0.15) is 0 Å². The van der Waals surface area contributed by atoms with E-state index in [9.17, 15) is 9.90 Å². The van der Waals surface area contributed by atoms with Crippen LogP contribution < -0.4 is 10.6 Å². The number of carbonyl (C=O) groups is 1. The number of carbonyl (C=O) groups excluding carboxylic acids is 1. The zero-order chi connectivity index (χ0) is 13.5. The summed E-state index contributed by atoms with van der Waals surface area (Å²) in [6, 6.07) is 0.204. The molecule has 1 amide bonds. The lowest BCUT2D eigenvalue weighted by Crippen LogP contribution is -2.43. The second kappa shape index (κ2) is 7.85. The molecule has 0 radical (unpaired) electrons. The lowest BCUT2D eigenvalue weighted by molar-refractivity contribution is -0.122. The van der Waals surface area contributed by atoms with Gasteiger partial charge in [0.2, 0.25) is 5.91 Å². The molecule has 1 heterocycles. The van der Waals surface area contributed by atoms with Crippen molar-refractivity contribution in [3.05, 3.63) is 0 Å². The van der Waals surface area contributed by atoms with Crippen LogP contribution in [0.5, 0.6) is 0 Å². The van der Waals surface area contributed by atoms with E-state index in [4.69, 9.17) is 0 Å². The lowest BCUT2D eigenvalue weighted by Gasteiger charge is -2.31. The van der Waals surface area contributed by atoms with E-state index in [1.165, 1.54) is 25.7 Å². The maximum absolute atomic E-state index is 12.0. The summed E-state index contributed by atoms with van der Waals surface area (Å²) in [4.78, 5) is 12.0. The fourth-order valence-corrected chi connectivity index (χ4v) is 3.40. The van der Waals surface area contributed by atoms with Crippen molar-refractivity contribution in [2.45, 2.75) is 57.4 Å². The normalized spacial score (nSPS) is 31.9. The number of nitrogens with one attached hydrogen (secondary N) is 2. The first-order valence-electron chi connectivity index (χ1n) is 7.90. The number of hydrogen-bond acceptors (Lipinski definition) is 3. The molecule has 0 bridgehead atoms. The third-order valence-electron chi connectivity index (χ3n) is 4.67. The molecule has 2 aliphatic rings. The molecule has 19 heavy (non-hydrogen) atoms. The number of aliphatic hydroxyl groups is 1. The fourth-order valence-electron chi connectivity index (χ4n) is 3.40. The zero-order valence-electron chi connectivity index (χ0n) is 11.9. The van der Waals surface area contributed by atoms with Crippen molar-refractivity contribution in [1.82, 2.24) is 10.6 Å². The van der Waals surface area contributed by atoms with E-state index < -0.39 is 0 Å². The highest BCUT2D eigenvalue weighted by Crippen LogP contribution is 2.24. The number of piperidine rings is 1. The SMILES string of the molecule is O=C(CCC1CCCNC1)NC1CCCCC1CO. The molecule has 4 nitrogen and oxygen atoms in total. The van der Waals surface area contributed by atoms with Crippen molar-refractivity contribution in [2.75, 3.05) is 19.7 Å². The van der Waals surface area contributed by atoms with Gasteiger partial charge in [0, 0.05) is 25.0 Å². The Morgan fingerprint density at radius 1 is 1.21 bits per heavy atom. The Morgan fingerprint density at radius 3 is 2.79 bits per heavy atom. The van der Waals surface area contributed by atoms with Crippen LogP contribution in [0, 0.1) is 11.8 Å². The van der Waals surface area contributed by atoms with E-state index in [0.29, 0.717) is 12.3 Å². The Morgan fingerprint density at radius 2 is 2.05 bits per heavy atom. The molecular weight excluding hydrogens is 240 g/mol. The highest BCUT2D eigenvalue weighted by Gasteiger charge is 2.25. The van der Waals surface area contributed by atoms with Gasteiger partial charge in [0.25, 0.3) is 0 Å². The number of amides is 1. The van der Waals surface area contributed by atoms with Crippen molar-refractivity contribution in [2.24, 2.45) is 11.8 Å². The van der Waals surface area contributed by atoms with Gasteiger partial charge in [-0.25, -0.2) is 0 Å². The van der Waals surface area contributed by atoms with E-state index in [1.54, 1.807) is 0 Å². The summed E-state index contributed by atoms with van der Waals surface area (Å²) >= 11 is 0. The molecule has 4 heteroatoms. The van der Waals surface area contributed by atoms with Gasteiger partial charge >= 0.3 is 0 Å². The Labute approximate surface area is 116 Å². The topological polar surface area (TPSA) is 61.4 Å². The molecule has 2 fully saturated rings. The van der Waals surface area contributed by atoms with Crippen molar-refractivity contribution in [1.29, 1.82) is 0 Å². The Balaban J connectivity index is 1.67. The van der Waals surface area contributed by atoms with E-state index in [1.807, 2.05) is 0 Å². The van der Waals surface area contributed by atoms with Crippen LogP contribution in [0.15, 0.2) is 0 Å². The van der Waals surface area contributed by atoms with Crippen molar-refractivity contribution in [3.8, 4) is 0 Å². The molecule has 1 saturated carbocycles. The number of hydrogen-bond donors (Lipinski definition) is 3. The minimum absolute atomic E-state index is 0.177. The standard InChI is InChI=1S/C15H28N2O2/c18-11-13-5-1-2-6-14(13)17-15(19)8-7-12-4-3-9-16-10-12/h12-14,16,18H,1-11H2,(H,17,19). The van der Waals surface area contributed by atoms with E-state index in [2.05, 4.69) is 10.6 Å². The second-order valence-corrected chi connectivity index (χ2v) is 6.15. The Bertz CT molecular complexity index is 277. The lowest BCUT2D eigenvalue weighted by atomic mass is 9.85. The van der Waals surface area contributed by atoms with Crippen LogP contribution in [0.2, 0.25) is 0 Å². The largest absolute Gasteiger partial charge is 0.396 e. The summed E-state index contributed by atoms with van der Waals surface area (Å²) in [6.07, 6.45) is 8.57. The summed E-state index contributed by atoms with van der Waals surface area (Å²) in [7, 11) is 0. The molecule has 0 spiro atoms. The van der Waals surface area contributed by atoms with Crippen LogP contribution in [0.25, 0.3) is 0 Å². The highest BCUT2D eigenvalue weighted by molar-refractivity contribution is 5.76. The van der Waals surface area contributed by atoms with Gasteiger partial charge in [-0.1, -0.05) is 12.8 Å². The summed E-state index contributed by atoms with van der Waals surface area (Å²) in [5.74, 6) is 1.12. The first kappa shape index (κ1) is 14.8. The maximum Gasteiger partial charge on any atom is 0.220 e. The van der Waals surface area contributed by atoms with Gasteiger partial charge in [0.05, 0.1) is 0 Å². The van der Waals surface area contributed by atoms with Gasteiger partial charge < -0.3 is 15.7 Å².